The van der Waals surface area contributed by atoms with Gasteiger partial charge in [0.2, 0.25) is 5.95 Å². The first-order valence-corrected chi connectivity index (χ1v) is 8.93. The van der Waals surface area contributed by atoms with Crippen LogP contribution in [-0.2, 0) is 0 Å². The highest BCUT2D eigenvalue weighted by molar-refractivity contribution is 5.84. The van der Waals surface area contributed by atoms with Gasteiger partial charge in [0.1, 0.15) is 0 Å². The molecular weight excluding hydrogens is 362 g/mol. The van der Waals surface area contributed by atoms with E-state index in [-0.39, 0.29) is 5.95 Å². The van der Waals surface area contributed by atoms with Gasteiger partial charge < -0.3 is 5.73 Å². The zero-order chi connectivity index (χ0) is 21.3. The fourth-order valence-electron chi connectivity index (χ4n) is 1.92. The molecule has 0 radical (unpaired) electrons. The lowest BCUT2D eigenvalue weighted by molar-refractivity contribution is 1.13. The van der Waals surface area contributed by atoms with Crippen LogP contribution in [0.4, 0.5) is 17.6 Å². The Morgan fingerprint density at radius 1 is 0.897 bits per heavy atom. The van der Waals surface area contributed by atoms with Gasteiger partial charge in [-0.1, -0.05) is 73.9 Å². The Morgan fingerprint density at radius 3 is 2.03 bits per heavy atom. The van der Waals surface area contributed by atoms with Crippen LogP contribution in [0.3, 0.4) is 0 Å². The van der Waals surface area contributed by atoms with Gasteiger partial charge >= 0.3 is 0 Å². The summed E-state index contributed by atoms with van der Waals surface area (Å²) in [5.41, 5.74) is 13.2. The number of hydrazone groups is 2. The molecule has 1 rings (SSSR count). The van der Waals surface area contributed by atoms with Crippen LogP contribution in [0.2, 0.25) is 0 Å². The second-order valence-electron chi connectivity index (χ2n) is 5.43. The Hall–Kier alpha value is -4.00. The van der Waals surface area contributed by atoms with Crippen molar-refractivity contribution < 1.29 is 0 Å². The summed E-state index contributed by atoms with van der Waals surface area (Å²) in [6.07, 6.45) is 21.8. The van der Waals surface area contributed by atoms with Crippen LogP contribution in [0.15, 0.2) is 101 Å². The quantitative estimate of drug-likeness (QED) is 0.287. The van der Waals surface area contributed by atoms with Crippen LogP contribution >= 0.6 is 0 Å². The van der Waals surface area contributed by atoms with Gasteiger partial charge in [-0.3, -0.25) is 10.9 Å². The molecule has 0 saturated carbocycles. The lowest BCUT2D eigenvalue weighted by Gasteiger charge is -2.04. The molecule has 0 atom stereocenters. The Bertz CT molecular complexity index is 852. The summed E-state index contributed by atoms with van der Waals surface area (Å²) in [5, 5.41) is 8.33. The molecule has 0 fully saturated rings. The third-order valence-corrected chi connectivity index (χ3v) is 3.10. The Morgan fingerprint density at radius 2 is 1.52 bits per heavy atom. The van der Waals surface area contributed by atoms with Gasteiger partial charge in [0.05, 0.1) is 12.4 Å². The van der Waals surface area contributed by atoms with E-state index in [0.717, 1.165) is 11.1 Å². The standard InChI is InChI=1S/C22H27N7/c1-5-9-13-18(11-7-3)16-24-28-20-15-21(27-22(23)26-20)29-25-17-19(12-8-4)14-10-6-2/h5-17H,1,3H2,2,4H3,(H4,23,26,27,28,29)/b10-6-,12-8-,13-9-,18-11+,19-14+,24-16+,25-17+. The smallest absolute Gasteiger partial charge is 0.224 e. The van der Waals surface area contributed by atoms with Crippen LogP contribution in [0.5, 0.6) is 0 Å². The third-order valence-electron chi connectivity index (χ3n) is 3.10. The van der Waals surface area contributed by atoms with E-state index < -0.39 is 0 Å². The number of rotatable bonds is 11. The number of nitrogen functional groups attached to an aromatic ring is 1. The fourth-order valence-corrected chi connectivity index (χ4v) is 1.92. The minimum absolute atomic E-state index is 0.0921. The van der Waals surface area contributed by atoms with Crippen molar-refractivity contribution in [2.24, 2.45) is 10.2 Å². The molecule has 0 aliphatic rings. The summed E-state index contributed by atoms with van der Waals surface area (Å²) in [6, 6.07) is 1.65. The van der Waals surface area contributed by atoms with Gasteiger partial charge in [0, 0.05) is 6.07 Å². The normalized spacial score (nSPS) is 13.3. The Balaban J connectivity index is 2.87. The molecule has 0 amide bonds. The van der Waals surface area contributed by atoms with E-state index in [9.17, 15) is 0 Å². The topological polar surface area (TPSA) is 101 Å². The molecule has 1 aromatic heterocycles. The molecule has 0 bridgehead atoms. The molecule has 0 aliphatic heterocycles. The monoisotopic (exact) mass is 389 g/mol. The van der Waals surface area contributed by atoms with Crippen molar-refractivity contribution in [1.82, 2.24) is 9.97 Å². The average Bonchev–Trinajstić information content (AvgIpc) is 2.70. The molecule has 4 N–H and O–H groups in total. The first kappa shape index (κ1) is 23.0. The molecule has 1 heterocycles. The highest BCUT2D eigenvalue weighted by Gasteiger charge is 2.00. The van der Waals surface area contributed by atoms with Crippen molar-refractivity contribution in [3.05, 3.63) is 91.1 Å². The van der Waals surface area contributed by atoms with Gasteiger partial charge in [0.15, 0.2) is 11.6 Å². The number of nitrogens with two attached hydrogens (primary N) is 1. The van der Waals surface area contributed by atoms with Gasteiger partial charge in [0.25, 0.3) is 0 Å². The molecule has 1 aromatic rings. The van der Waals surface area contributed by atoms with Crippen LogP contribution in [-0.4, -0.2) is 22.4 Å². The van der Waals surface area contributed by atoms with Gasteiger partial charge in [-0.2, -0.15) is 20.2 Å². The molecule has 0 aliphatic carbocycles. The van der Waals surface area contributed by atoms with Crippen LogP contribution < -0.4 is 16.6 Å². The molecule has 0 spiro atoms. The molecule has 0 aromatic carbocycles. The predicted molar refractivity (Wildman–Crippen MR) is 126 cm³/mol. The average molecular weight is 390 g/mol. The number of anilines is 3. The molecule has 7 nitrogen and oxygen atoms in total. The molecule has 0 unspecified atom stereocenters. The maximum atomic E-state index is 5.76. The number of hydrogen-bond acceptors (Lipinski definition) is 7. The van der Waals surface area contributed by atoms with E-state index in [2.05, 4.69) is 44.2 Å². The van der Waals surface area contributed by atoms with Gasteiger partial charge in [-0.25, -0.2) is 0 Å². The number of nitrogens with zero attached hydrogens (tertiary/aromatic N) is 4. The van der Waals surface area contributed by atoms with Crippen molar-refractivity contribution in [3.8, 4) is 0 Å². The van der Waals surface area contributed by atoms with Crippen molar-refractivity contribution >= 4 is 30.0 Å². The lowest BCUT2D eigenvalue weighted by Crippen LogP contribution is -2.03. The van der Waals surface area contributed by atoms with Crippen LogP contribution in [0.1, 0.15) is 13.8 Å². The fraction of sp³-hybridized carbons (Fsp3) is 0.0909. The second-order valence-corrected chi connectivity index (χ2v) is 5.43. The first-order valence-electron chi connectivity index (χ1n) is 8.93. The minimum atomic E-state index is 0.0921. The number of aromatic nitrogens is 2. The van der Waals surface area contributed by atoms with Gasteiger partial charge in [-0.05, 0) is 25.0 Å². The third kappa shape index (κ3) is 10.0. The van der Waals surface area contributed by atoms with E-state index in [4.69, 9.17) is 5.73 Å². The van der Waals surface area contributed by atoms with Crippen molar-refractivity contribution in [3.63, 3.8) is 0 Å². The zero-order valence-corrected chi connectivity index (χ0v) is 16.8. The Kier molecular flexibility index (Phi) is 11.2. The first-order chi connectivity index (χ1) is 14.1. The van der Waals surface area contributed by atoms with E-state index >= 15 is 0 Å². The summed E-state index contributed by atoms with van der Waals surface area (Å²) >= 11 is 0. The summed E-state index contributed by atoms with van der Waals surface area (Å²) < 4.78 is 0. The summed E-state index contributed by atoms with van der Waals surface area (Å²) in [7, 11) is 0. The molecule has 0 saturated heterocycles. The molecule has 7 heteroatoms. The minimum Gasteiger partial charge on any atom is -0.368 e. The highest BCUT2D eigenvalue weighted by Crippen LogP contribution is 2.12. The Labute approximate surface area is 172 Å². The second kappa shape index (κ2) is 14.1. The van der Waals surface area contributed by atoms with E-state index in [1.165, 1.54) is 0 Å². The molecule has 29 heavy (non-hydrogen) atoms. The number of nitrogens with one attached hydrogen (secondary N) is 2. The largest absolute Gasteiger partial charge is 0.368 e. The van der Waals surface area contributed by atoms with E-state index in [0.29, 0.717) is 11.6 Å². The van der Waals surface area contributed by atoms with Crippen molar-refractivity contribution in [1.29, 1.82) is 0 Å². The van der Waals surface area contributed by atoms with E-state index in [1.54, 1.807) is 36.7 Å². The molecular formula is C22H27N7. The molecule has 150 valence electrons. The zero-order valence-electron chi connectivity index (χ0n) is 16.8. The maximum Gasteiger partial charge on any atom is 0.224 e. The number of hydrogen-bond donors (Lipinski definition) is 3. The highest BCUT2D eigenvalue weighted by atomic mass is 15.3. The van der Waals surface area contributed by atoms with Gasteiger partial charge in [-0.15, -0.1) is 0 Å². The summed E-state index contributed by atoms with van der Waals surface area (Å²) in [6.45, 7) is 11.2. The maximum absolute atomic E-state index is 5.76. The lowest BCUT2D eigenvalue weighted by atomic mass is 10.2. The van der Waals surface area contributed by atoms with E-state index in [1.807, 2.05) is 56.4 Å². The van der Waals surface area contributed by atoms with Crippen molar-refractivity contribution in [2.75, 3.05) is 16.6 Å². The predicted octanol–water partition coefficient (Wildman–Crippen LogP) is 4.79. The SMILES string of the molecule is C=C\C=C/C(/C=N/Nc1cc(N/N=C/C(/C=C\C)=C/C=C\C)nc(N)n1)=C\C=C. The van der Waals surface area contributed by atoms with Crippen LogP contribution in [0.25, 0.3) is 0 Å². The number of allylic oxidation sites excluding steroid dienone is 12. The summed E-state index contributed by atoms with van der Waals surface area (Å²) in [5.74, 6) is 0.954. The van der Waals surface area contributed by atoms with Crippen molar-refractivity contribution in [2.45, 2.75) is 13.8 Å². The summed E-state index contributed by atoms with van der Waals surface area (Å²) in [4.78, 5) is 8.20. The van der Waals surface area contributed by atoms with Crippen LogP contribution in [0, 0.1) is 0 Å².